The Balaban J connectivity index is 1.37. The molecule has 2 aliphatic rings. The van der Waals surface area contributed by atoms with Crippen LogP contribution in [0.4, 0.5) is 0 Å². The number of para-hydroxylation sites is 1. The van der Waals surface area contributed by atoms with Gasteiger partial charge in [0.25, 0.3) is 5.91 Å². The highest BCUT2D eigenvalue weighted by Gasteiger charge is 2.40. The minimum atomic E-state index is -0.656. The first-order valence-electron chi connectivity index (χ1n) is 9.96. The molecule has 0 bridgehead atoms. The molecule has 9 nitrogen and oxygen atoms in total. The highest BCUT2D eigenvalue weighted by Crippen LogP contribution is 2.31. The van der Waals surface area contributed by atoms with Gasteiger partial charge < -0.3 is 9.64 Å². The number of carbonyl (C=O) groups is 3. The first-order chi connectivity index (χ1) is 15.1. The van der Waals surface area contributed by atoms with E-state index in [1.165, 1.54) is 4.90 Å². The molecule has 1 unspecified atom stereocenters. The average Bonchev–Trinajstić information content (AvgIpc) is 3.38. The van der Waals surface area contributed by atoms with E-state index in [1.807, 2.05) is 36.4 Å². The molecule has 5 rings (SSSR count). The molecular formula is C22H19N5O4. The summed E-state index contributed by atoms with van der Waals surface area (Å²) < 4.78 is 7.33. The van der Waals surface area contributed by atoms with Gasteiger partial charge in [-0.1, -0.05) is 29.5 Å². The number of hydrogen-bond acceptors (Lipinski definition) is 6. The van der Waals surface area contributed by atoms with Crippen LogP contribution in [0.25, 0.3) is 5.69 Å². The number of piperidine rings is 1. The van der Waals surface area contributed by atoms with Gasteiger partial charge in [0.05, 0.1) is 11.9 Å². The van der Waals surface area contributed by atoms with Crippen LogP contribution in [-0.4, -0.2) is 43.7 Å². The molecule has 0 spiro atoms. The van der Waals surface area contributed by atoms with Gasteiger partial charge in [-0.05, 0) is 30.7 Å². The van der Waals surface area contributed by atoms with Gasteiger partial charge in [0.15, 0.2) is 0 Å². The molecule has 1 saturated heterocycles. The predicted molar refractivity (Wildman–Crippen MR) is 108 cm³/mol. The Kier molecular flexibility index (Phi) is 4.70. The number of aromatic nitrogens is 3. The lowest BCUT2D eigenvalue weighted by molar-refractivity contribution is -0.136. The Morgan fingerprint density at radius 2 is 1.90 bits per heavy atom. The molecule has 31 heavy (non-hydrogen) atoms. The molecule has 156 valence electrons. The zero-order valence-electron chi connectivity index (χ0n) is 16.5. The number of imide groups is 1. The third-order valence-electron chi connectivity index (χ3n) is 5.47. The third kappa shape index (κ3) is 3.54. The molecule has 3 heterocycles. The quantitative estimate of drug-likeness (QED) is 0.632. The Labute approximate surface area is 177 Å². The van der Waals surface area contributed by atoms with Crippen LogP contribution in [0.5, 0.6) is 5.75 Å². The van der Waals surface area contributed by atoms with E-state index in [-0.39, 0.29) is 31.4 Å². The fourth-order valence-corrected chi connectivity index (χ4v) is 3.94. The van der Waals surface area contributed by atoms with Crippen molar-refractivity contribution in [3.63, 3.8) is 0 Å². The molecule has 9 heteroatoms. The van der Waals surface area contributed by atoms with Crippen molar-refractivity contribution in [1.29, 1.82) is 0 Å². The summed E-state index contributed by atoms with van der Waals surface area (Å²) in [5.41, 5.74) is 2.67. The predicted octanol–water partition coefficient (Wildman–Crippen LogP) is 1.61. The molecule has 1 aromatic heterocycles. The van der Waals surface area contributed by atoms with Gasteiger partial charge >= 0.3 is 0 Å². The van der Waals surface area contributed by atoms with Crippen molar-refractivity contribution >= 4 is 17.7 Å². The second-order valence-electron chi connectivity index (χ2n) is 7.46. The second kappa shape index (κ2) is 7.67. The maximum atomic E-state index is 13.0. The van der Waals surface area contributed by atoms with Crippen molar-refractivity contribution in [2.45, 2.75) is 32.0 Å². The normalized spacial score (nSPS) is 18.1. The lowest BCUT2D eigenvalue weighted by atomic mass is 10.0. The van der Waals surface area contributed by atoms with Gasteiger partial charge in [-0.2, -0.15) is 0 Å². The van der Waals surface area contributed by atoms with Gasteiger partial charge in [0, 0.05) is 24.1 Å². The molecule has 0 radical (unpaired) electrons. The van der Waals surface area contributed by atoms with E-state index in [0.717, 1.165) is 17.0 Å². The maximum absolute atomic E-state index is 13.0. The first-order valence-corrected chi connectivity index (χ1v) is 9.96. The van der Waals surface area contributed by atoms with E-state index in [1.54, 1.807) is 23.0 Å². The second-order valence-corrected chi connectivity index (χ2v) is 7.46. The smallest absolute Gasteiger partial charge is 0.255 e. The van der Waals surface area contributed by atoms with Crippen molar-refractivity contribution in [3.05, 3.63) is 71.5 Å². The molecule has 2 aromatic carbocycles. The summed E-state index contributed by atoms with van der Waals surface area (Å²) >= 11 is 0. The summed E-state index contributed by atoms with van der Waals surface area (Å²) in [5.74, 6) is -0.221. The maximum Gasteiger partial charge on any atom is 0.255 e. The van der Waals surface area contributed by atoms with Crippen LogP contribution in [0.2, 0.25) is 0 Å². The summed E-state index contributed by atoms with van der Waals surface area (Å²) in [5, 5.41) is 10.7. The van der Waals surface area contributed by atoms with Crippen LogP contribution in [0.3, 0.4) is 0 Å². The standard InChI is InChI=1S/C22H19N5O4/c28-20-10-9-19(21(29)23-20)26-12-17-16(22(26)30)7-4-8-18(17)27-11-14(24-25-27)13-31-15-5-2-1-3-6-15/h1-8,11,19H,9-10,12-13H2,(H,23,28,29). The number of carbonyl (C=O) groups excluding carboxylic acids is 3. The van der Waals surface area contributed by atoms with Crippen LogP contribution in [0.1, 0.15) is 34.5 Å². The number of ether oxygens (including phenoxy) is 1. The van der Waals surface area contributed by atoms with Gasteiger partial charge in [0.2, 0.25) is 11.8 Å². The lowest BCUT2D eigenvalue weighted by Crippen LogP contribution is -2.52. The summed E-state index contributed by atoms with van der Waals surface area (Å²) in [6.45, 7) is 0.534. The van der Waals surface area contributed by atoms with Crippen molar-refractivity contribution in [3.8, 4) is 11.4 Å². The molecule has 1 atom stereocenters. The fourth-order valence-electron chi connectivity index (χ4n) is 3.94. The van der Waals surface area contributed by atoms with Crippen molar-refractivity contribution in [1.82, 2.24) is 25.2 Å². The summed E-state index contributed by atoms with van der Waals surface area (Å²) in [6, 6.07) is 14.2. The number of nitrogens with zero attached hydrogens (tertiary/aromatic N) is 4. The summed E-state index contributed by atoms with van der Waals surface area (Å²) in [4.78, 5) is 38.2. The molecule has 3 amide bonds. The van der Waals surface area contributed by atoms with Gasteiger partial charge in [-0.3, -0.25) is 19.7 Å². The van der Waals surface area contributed by atoms with Crippen LogP contribution < -0.4 is 10.1 Å². The lowest BCUT2D eigenvalue weighted by Gasteiger charge is -2.29. The molecule has 1 fully saturated rings. The number of rotatable bonds is 5. The van der Waals surface area contributed by atoms with Crippen LogP contribution in [0.15, 0.2) is 54.7 Å². The van der Waals surface area contributed by atoms with E-state index in [0.29, 0.717) is 17.7 Å². The Hall–Kier alpha value is -4.01. The average molecular weight is 417 g/mol. The van der Waals surface area contributed by atoms with Crippen molar-refractivity contribution < 1.29 is 19.1 Å². The largest absolute Gasteiger partial charge is 0.487 e. The number of fused-ring (bicyclic) bond motifs is 1. The zero-order valence-corrected chi connectivity index (χ0v) is 16.5. The molecule has 0 saturated carbocycles. The minimum Gasteiger partial charge on any atom is -0.487 e. The highest BCUT2D eigenvalue weighted by atomic mass is 16.5. The molecule has 1 N–H and O–H groups in total. The number of benzene rings is 2. The van der Waals surface area contributed by atoms with Crippen molar-refractivity contribution in [2.24, 2.45) is 0 Å². The molecule has 0 aliphatic carbocycles. The van der Waals surface area contributed by atoms with Crippen LogP contribution in [-0.2, 0) is 22.7 Å². The fraction of sp³-hybridized carbons (Fsp3) is 0.227. The summed E-state index contributed by atoms with van der Waals surface area (Å²) in [7, 11) is 0. The first kappa shape index (κ1) is 19.0. The molecule has 3 aromatic rings. The topological polar surface area (TPSA) is 106 Å². The highest BCUT2D eigenvalue weighted by molar-refractivity contribution is 6.05. The van der Waals surface area contributed by atoms with Crippen molar-refractivity contribution in [2.75, 3.05) is 0 Å². The van der Waals surface area contributed by atoms with Gasteiger partial charge in [-0.25, -0.2) is 4.68 Å². The minimum absolute atomic E-state index is 0.219. The molecule has 2 aliphatic heterocycles. The van der Waals surface area contributed by atoms with Gasteiger partial charge in [0.1, 0.15) is 24.1 Å². The van der Waals surface area contributed by atoms with Gasteiger partial charge in [-0.15, -0.1) is 5.10 Å². The Bertz CT molecular complexity index is 1170. The van der Waals surface area contributed by atoms with Crippen LogP contribution in [0, 0.1) is 0 Å². The SMILES string of the molecule is O=C1CCC(N2Cc3c(cccc3-n3cc(COc4ccccc4)nn3)C2=O)C(=O)N1. The van der Waals surface area contributed by atoms with E-state index < -0.39 is 11.9 Å². The van der Waals surface area contributed by atoms with E-state index in [4.69, 9.17) is 4.74 Å². The molecular weight excluding hydrogens is 398 g/mol. The van der Waals surface area contributed by atoms with E-state index >= 15 is 0 Å². The zero-order chi connectivity index (χ0) is 21.4. The monoisotopic (exact) mass is 417 g/mol. The summed E-state index contributed by atoms with van der Waals surface area (Å²) in [6.07, 6.45) is 2.30. The van der Waals surface area contributed by atoms with E-state index in [9.17, 15) is 14.4 Å². The van der Waals surface area contributed by atoms with Crippen LogP contribution >= 0.6 is 0 Å². The number of nitrogens with one attached hydrogen (secondary N) is 1. The number of hydrogen-bond donors (Lipinski definition) is 1. The van der Waals surface area contributed by atoms with E-state index in [2.05, 4.69) is 15.6 Å². The third-order valence-corrected chi connectivity index (χ3v) is 5.47. The Morgan fingerprint density at radius 3 is 2.71 bits per heavy atom. The Morgan fingerprint density at radius 1 is 1.06 bits per heavy atom. The number of amides is 3.